The molecule has 0 unspecified atom stereocenters. The molecule has 0 heterocycles. The number of nitrogens with one attached hydrogen (secondary N) is 2. The van der Waals surface area contributed by atoms with E-state index in [4.69, 9.17) is 0 Å². The Morgan fingerprint density at radius 1 is 1.08 bits per heavy atom. The average Bonchev–Trinajstić information content (AvgIpc) is 2.45. The van der Waals surface area contributed by atoms with Crippen LogP contribution in [0.3, 0.4) is 0 Å². The molecule has 0 aliphatic heterocycles. The van der Waals surface area contributed by atoms with Gasteiger partial charge in [0, 0.05) is 17.7 Å². The number of hydrogen-bond acceptors (Lipinski definition) is 3. The minimum atomic E-state index is -0.702. The van der Waals surface area contributed by atoms with E-state index in [2.05, 4.69) is 10.6 Å². The van der Waals surface area contributed by atoms with E-state index in [-0.39, 0.29) is 36.5 Å². The van der Waals surface area contributed by atoms with Gasteiger partial charge in [-0.1, -0.05) is 13.0 Å². The highest BCUT2D eigenvalue weighted by Gasteiger charge is 2.17. The Labute approximate surface area is 141 Å². The lowest BCUT2D eigenvalue weighted by atomic mass is 10.1. The molecule has 1 aromatic carbocycles. The third-order valence-electron chi connectivity index (χ3n) is 3.44. The number of amides is 2. The molecule has 0 aliphatic rings. The van der Waals surface area contributed by atoms with Crippen molar-refractivity contribution in [3.63, 3.8) is 0 Å². The first-order valence-electron chi connectivity index (χ1n) is 7.99. The summed E-state index contributed by atoms with van der Waals surface area (Å²) in [6, 6.07) is 2.68. The molecule has 0 bridgehead atoms. The zero-order valence-corrected chi connectivity index (χ0v) is 14.5. The Balaban J connectivity index is 2.58. The summed E-state index contributed by atoms with van der Waals surface area (Å²) in [5.74, 6) is -1.85. The Morgan fingerprint density at radius 2 is 1.67 bits per heavy atom. The van der Waals surface area contributed by atoms with Crippen LogP contribution in [0.5, 0.6) is 0 Å². The third-order valence-corrected chi connectivity index (χ3v) is 3.44. The summed E-state index contributed by atoms with van der Waals surface area (Å²) in [6.45, 7) is 7.85. The van der Waals surface area contributed by atoms with Crippen LogP contribution in [-0.2, 0) is 9.59 Å². The highest BCUT2D eigenvalue weighted by Crippen LogP contribution is 2.17. The molecule has 0 saturated heterocycles. The van der Waals surface area contributed by atoms with Crippen molar-refractivity contribution in [1.82, 2.24) is 15.5 Å². The van der Waals surface area contributed by atoms with Gasteiger partial charge < -0.3 is 10.6 Å². The van der Waals surface area contributed by atoms with Gasteiger partial charge >= 0.3 is 0 Å². The third kappa shape index (κ3) is 6.62. The average molecular weight is 341 g/mol. The molecule has 24 heavy (non-hydrogen) atoms. The quantitative estimate of drug-likeness (QED) is 0.760. The first-order valence-corrected chi connectivity index (χ1v) is 7.99. The smallest absolute Gasteiger partial charge is 0.234 e. The summed E-state index contributed by atoms with van der Waals surface area (Å²) in [7, 11) is 0. The van der Waals surface area contributed by atoms with Gasteiger partial charge in [-0.2, -0.15) is 0 Å². The Kier molecular flexibility index (Phi) is 7.78. The minimum Gasteiger partial charge on any atom is -0.353 e. The van der Waals surface area contributed by atoms with Crippen LogP contribution in [0.25, 0.3) is 0 Å². The van der Waals surface area contributed by atoms with Crippen molar-refractivity contribution in [3.8, 4) is 0 Å². The van der Waals surface area contributed by atoms with E-state index in [0.717, 1.165) is 12.1 Å². The molecule has 134 valence electrons. The van der Waals surface area contributed by atoms with E-state index >= 15 is 0 Å². The van der Waals surface area contributed by atoms with Crippen LogP contribution in [0.15, 0.2) is 18.2 Å². The number of hydrogen-bond donors (Lipinski definition) is 2. The predicted octanol–water partition coefficient (Wildman–Crippen LogP) is 1.99. The molecule has 0 saturated carbocycles. The van der Waals surface area contributed by atoms with Gasteiger partial charge in [0.15, 0.2) is 0 Å². The van der Waals surface area contributed by atoms with E-state index in [9.17, 15) is 18.4 Å². The fourth-order valence-electron chi connectivity index (χ4n) is 2.27. The lowest BCUT2D eigenvalue weighted by molar-refractivity contribution is -0.125. The standard InChI is InChI=1S/C17H25F2N3O2/c1-5-22(9-16(23)20-11(2)3)10-17(24)21-12(4)14-7-6-13(18)8-15(14)19/h6-8,11-12H,5,9-10H2,1-4H3,(H,20,23)(H,21,24)/t12-/m0/s1. The molecule has 0 aromatic heterocycles. The van der Waals surface area contributed by atoms with Crippen molar-refractivity contribution < 1.29 is 18.4 Å². The van der Waals surface area contributed by atoms with E-state index in [1.807, 2.05) is 20.8 Å². The van der Waals surface area contributed by atoms with E-state index < -0.39 is 17.7 Å². The van der Waals surface area contributed by atoms with Crippen molar-refractivity contribution in [1.29, 1.82) is 0 Å². The van der Waals surface area contributed by atoms with Crippen molar-refractivity contribution >= 4 is 11.8 Å². The summed E-state index contributed by atoms with van der Waals surface area (Å²) in [5.41, 5.74) is 0.213. The number of carbonyl (C=O) groups excluding carboxylic acids is 2. The molecule has 2 N–H and O–H groups in total. The van der Waals surface area contributed by atoms with Crippen LogP contribution < -0.4 is 10.6 Å². The van der Waals surface area contributed by atoms with Crippen molar-refractivity contribution in [3.05, 3.63) is 35.4 Å². The molecular formula is C17H25F2N3O2. The maximum absolute atomic E-state index is 13.7. The van der Waals surface area contributed by atoms with E-state index in [0.29, 0.717) is 6.54 Å². The largest absolute Gasteiger partial charge is 0.353 e. The Hall–Kier alpha value is -2.02. The number of carbonyl (C=O) groups is 2. The van der Waals surface area contributed by atoms with Gasteiger partial charge in [-0.3, -0.25) is 14.5 Å². The highest BCUT2D eigenvalue weighted by molar-refractivity contribution is 5.81. The monoisotopic (exact) mass is 341 g/mol. The summed E-state index contributed by atoms with van der Waals surface area (Å²) in [4.78, 5) is 25.5. The zero-order valence-electron chi connectivity index (χ0n) is 14.5. The van der Waals surface area contributed by atoms with Gasteiger partial charge in [0.05, 0.1) is 19.1 Å². The molecule has 7 heteroatoms. The van der Waals surface area contributed by atoms with Crippen molar-refractivity contribution in [2.24, 2.45) is 0 Å². The fraction of sp³-hybridized carbons (Fsp3) is 0.529. The molecule has 0 aliphatic carbocycles. The molecular weight excluding hydrogens is 316 g/mol. The normalized spacial score (nSPS) is 12.3. The lowest BCUT2D eigenvalue weighted by Crippen LogP contribution is -2.44. The van der Waals surface area contributed by atoms with Crippen LogP contribution >= 0.6 is 0 Å². The number of likely N-dealkylation sites (N-methyl/N-ethyl adjacent to an activating group) is 1. The maximum Gasteiger partial charge on any atom is 0.234 e. The van der Waals surface area contributed by atoms with Crippen LogP contribution in [0.4, 0.5) is 8.78 Å². The van der Waals surface area contributed by atoms with Gasteiger partial charge in [-0.15, -0.1) is 0 Å². The molecule has 2 amide bonds. The number of benzene rings is 1. The minimum absolute atomic E-state index is 0.0230. The second-order valence-corrected chi connectivity index (χ2v) is 5.98. The molecule has 1 rings (SSSR count). The Morgan fingerprint density at radius 3 is 2.17 bits per heavy atom. The van der Waals surface area contributed by atoms with Crippen molar-refractivity contribution in [2.75, 3.05) is 19.6 Å². The van der Waals surface area contributed by atoms with Crippen LogP contribution in [0.2, 0.25) is 0 Å². The highest BCUT2D eigenvalue weighted by atomic mass is 19.1. The van der Waals surface area contributed by atoms with Gasteiger partial charge in [0.1, 0.15) is 11.6 Å². The summed E-state index contributed by atoms with van der Waals surface area (Å²) >= 11 is 0. The molecule has 5 nitrogen and oxygen atoms in total. The van der Waals surface area contributed by atoms with Crippen LogP contribution in [-0.4, -0.2) is 42.4 Å². The van der Waals surface area contributed by atoms with Gasteiger partial charge in [-0.05, 0) is 33.4 Å². The van der Waals surface area contributed by atoms with Crippen LogP contribution in [0.1, 0.15) is 39.3 Å². The number of halogens is 2. The van der Waals surface area contributed by atoms with Crippen molar-refractivity contribution in [2.45, 2.75) is 39.8 Å². The summed E-state index contributed by atoms with van der Waals surface area (Å²) in [5, 5.41) is 5.42. The molecule has 1 atom stereocenters. The Bertz CT molecular complexity index is 579. The van der Waals surface area contributed by atoms with Gasteiger partial charge in [0.2, 0.25) is 11.8 Å². The van der Waals surface area contributed by atoms with Gasteiger partial charge in [-0.25, -0.2) is 8.78 Å². The summed E-state index contributed by atoms with van der Waals surface area (Å²) in [6.07, 6.45) is 0. The molecule has 0 spiro atoms. The first-order chi connectivity index (χ1) is 11.2. The summed E-state index contributed by atoms with van der Waals surface area (Å²) < 4.78 is 26.6. The topological polar surface area (TPSA) is 61.4 Å². The fourth-order valence-corrected chi connectivity index (χ4v) is 2.27. The SMILES string of the molecule is CCN(CC(=O)NC(C)C)CC(=O)N[C@@H](C)c1ccc(F)cc1F. The second kappa shape index (κ2) is 9.32. The molecule has 0 fully saturated rings. The predicted molar refractivity (Wildman–Crippen MR) is 88.3 cm³/mol. The van der Waals surface area contributed by atoms with E-state index in [1.165, 1.54) is 6.07 Å². The second-order valence-electron chi connectivity index (χ2n) is 5.98. The molecule has 1 aromatic rings. The number of nitrogens with zero attached hydrogens (tertiary/aromatic N) is 1. The van der Waals surface area contributed by atoms with Crippen LogP contribution in [0, 0.1) is 11.6 Å². The lowest BCUT2D eigenvalue weighted by Gasteiger charge is -2.22. The van der Waals surface area contributed by atoms with Gasteiger partial charge in [0.25, 0.3) is 0 Å². The maximum atomic E-state index is 13.7. The molecule has 0 radical (unpaired) electrons. The van der Waals surface area contributed by atoms with E-state index in [1.54, 1.807) is 11.8 Å². The zero-order chi connectivity index (χ0) is 18.3. The number of rotatable bonds is 8. The first kappa shape index (κ1) is 20.0.